The van der Waals surface area contributed by atoms with Crippen molar-refractivity contribution < 1.29 is 17.9 Å². The Morgan fingerprint density at radius 3 is 2.42 bits per heavy atom. The number of rotatable bonds is 5. The summed E-state index contributed by atoms with van der Waals surface area (Å²) in [6.07, 6.45) is 0.455. The molecule has 0 aliphatic heterocycles. The smallest absolute Gasteiger partial charge is 0.238 e. The van der Waals surface area contributed by atoms with Crippen LogP contribution in [0.3, 0.4) is 0 Å². The second-order valence-electron chi connectivity index (χ2n) is 5.66. The predicted molar refractivity (Wildman–Crippen MR) is 97.8 cm³/mol. The molecule has 0 fully saturated rings. The van der Waals surface area contributed by atoms with Gasteiger partial charge < -0.3 is 5.11 Å². The molecule has 0 aliphatic carbocycles. The number of halogens is 2. The Balaban J connectivity index is 2.04. The number of nitrogens with zero attached hydrogens (tertiary/aromatic N) is 2. The first-order valence-electron chi connectivity index (χ1n) is 7.54. The van der Waals surface area contributed by atoms with E-state index in [-0.39, 0.29) is 17.2 Å². The lowest BCUT2D eigenvalue weighted by molar-refractivity contribution is 0.276. The zero-order chi connectivity index (χ0) is 18.9. The number of hydrogen-bond donors (Lipinski definition) is 2. The Morgan fingerprint density at radius 1 is 1.15 bits per heavy atom. The van der Waals surface area contributed by atoms with E-state index in [0.29, 0.717) is 17.8 Å². The van der Waals surface area contributed by atoms with Crippen LogP contribution in [0.15, 0.2) is 57.9 Å². The van der Waals surface area contributed by atoms with Crippen LogP contribution in [-0.4, -0.2) is 23.3 Å². The second-order valence-corrected chi connectivity index (χ2v) is 8.14. The molecule has 9 heteroatoms. The zero-order valence-corrected chi connectivity index (χ0v) is 15.8. The molecule has 0 saturated carbocycles. The molecular weight excluding hydrogens is 425 g/mol. The summed E-state index contributed by atoms with van der Waals surface area (Å²) in [7, 11) is -4.00. The molecule has 1 aromatic heterocycles. The van der Waals surface area contributed by atoms with Crippen molar-refractivity contribution in [2.24, 2.45) is 5.14 Å². The van der Waals surface area contributed by atoms with Crippen molar-refractivity contribution >= 4 is 26.0 Å². The molecule has 6 nitrogen and oxygen atoms in total. The Hall–Kier alpha value is -2.07. The summed E-state index contributed by atoms with van der Waals surface area (Å²) >= 11 is 3.37. The minimum atomic E-state index is -4.00. The lowest BCUT2D eigenvalue weighted by atomic mass is 10.1. The van der Waals surface area contributed by atoms with Crippen LogP contribution in [0.1, 0.15) is 17.0 Å². The van der Waals surface area contributed by atoms with Crippen LogP contribution in [0, 0.1) is 5.82 Å². The molecule has 0 atom stereocenters. The molecule has 0 bridgehead atoms. The molecule has 2 aromatic carbocycles. The van der Waals surface area contributed by atoms with Crippen molar-refractivity contribution in [2.75, 3.05) is 0 Å². The zero-order valence-electron chi connectivity index (χ0n) is 13.4. The first-order valence-corrected chi connectivity index (χ1v) is 9.87. The van der Waals surface area contributed by atoms with Crippen LogP contribution in [0.2, 0.25) is 0 Å². The number of hydrogen-bond acceptors (Lipinski definition) is 4. The molecule has 0 unspecified atom stereocenters. The molecule has 1 heterocycles. The van der Waals surface area contributed by atoms with Gasteiger partial charge in [-0.3, -0.25) is 0 Å². The highest BCUT2D eigenvalue weighted by Gasteiger charge is 2.16. The van der Waals surface area contributed by atoms with E-state index < -0.39 is 15.8 Å². The largest absolute Gasteiger partial charge is 0.390 e. The van der Waals surface area contributed by atoms with Gasteiger partial charge in [0.1, 0.15) is 11.5 Å². The summed E-state index contributed by atoms with van der Waals surface area (Å²) < 4.78 is 39.5. The fourth-order valence-corrected chi connectivity index (χ4v) is 3.32. The number of sulfonamides is 1. The maximum atomic E-state index is 14.5. The monoisotopic (exact) mass is 439 g/mol. The summed E-state index contributed by atoms with van der Waals surface area (Å²) in [6, 6.07) is 12.7. The summed E-state index contributed by atoms with van der Waals surface area (Å²) in [5.74, 6) is -0.777. The van der Waals surface area contributed by atoms with Gasteiger partial charge in [0.05, 0.1) is 17.2 Å². The number of aliphatic hydroxyl groups excluding tert-OH is 1. The molecule has 26 heavy (non-hydrogen) atoms. The van der Waals surface area contributed by atoms with E-state index >= 15 is 0 Å². The number of aliphatic hydroxyl groups is 1. The minimum Gasteiger partial charge on any atom is -0.390 e. The van der Waals surface area contributed by atoms with E-state index in [4.69, 9.17) is 5.14 Å². The van der Waals surface area contributed by atoms with Gasteiger partial charge in [0.25, 0.3) is 0 Å². The topological polar surface area (TPSA) is 98.2 Å². The summed E-state index contributed by atoms with van der Waals surface area (Å²) in [5.41, 5.74) is 2.08. The number of primary sulfonamides is 1. The van der Waals surface area contributed by atoms with Crippen LogP contribution in [0.5, 0.6) is 0 Å². The Kier molecular flexibility index (Phi) is 5.24. The van der Waals surface area contributed by atoms with Crippen molar-refractivity contribution in [3.63, 3.8) is 0 Å². The summed E-state index contributed by atoms with van der Waals surface area (Å²) in [4.78, 5) is -0.317. The Morgan fingerprint density at radius 2 is 1.85 bits per heavy atom. The maximum Gasteiger partial charge on any atom is 0.238 e. The van der Waals surface area contributed by atoms with Crippen molar-refractivity contribution in [3.8, 4) is 5.69 Å². The van der Waals surface area contributed by atoms with Crippen molar-refractivity contribution in [2.45, 2.75) is 17.9 Å². The van der Waals surface area contributed by atoms with E-state index in [9.17, 15) is 17.9 Å². The van der Waals surface area contributed by atoms with Gasteiger partial charge in [-0.05, 0) is 42.0 Å². The van der Waals surface area contributed by atoms with Crippen LogP contribution in [0.4, 0.5) is 4.39 Å². The average Bonchev–Trinajstić information content (AvgIpc) is 2.99. The molecule has 0 aliphatic rings. The lowest BCUT2D eigenvalue weighted by Gasteiger charge is -2.10. The van der Waals surface area contributed by atoms with Crippen LogP contribution >= 0.6 is 15.9 Å². The highest BCUT2D eigenvalue weighted by Crippen LogP contribution is 2.22. The van der Waals surface area contributed by atoms with Crippen LogP contribution < -0.4 is 5.14 Å². The number of nitrogens with two attached hydrogens (primary N) is 1. The molecule has 0 radical (unpaired) electrons. The fraction of sp³-hybridized carbons (Fsp3) is 0.118. The Labute approximate surface area is 158 Å². The van der Waals surface area contributed by atoms with Gasteiger partial charge in [-0.1, -0.05) is 28.1 Å². The third-order valence-electron chi connectivity index (χ3n) is 3.77. The normalized spacial score (nSPS) is 11.7. The number of aromatic nitrogens is 2. The minimum absolute atomic E-state index is 0.0733. The first kappa shape index (κ1) is 18.7. The third-order valence-corrected chi connectivity index (χ3v) is 5.21. The van der Waals surface area contributed by atoms with Gasteiger partial charge in [0.2, 0.25) is 10.0 Å². The van der Waals surface area contributed by atoms with E-state index in [2.05, 4.69) is 21.0 Å². The first-order chi connectivity index (χ1) is 12.3. The van der Waals surface area contributed by atoms with Gasteiger partial charge in [-0.15, -0.1) is 0 Å². The van der Waals surface area contributed by atoms with Crippen LogP contribution in [-0.2, 0) is 23.1 Å². The Bertz CT molecular complexity index is 1050. The van der Waals surface area contributed by atoms with E-state index in [1.54, 1.807) is 6.07 Å². The molecule has 3 rings (SSSR count). The van der Waals surface area contributed by atoms with Gasteiger partial charge in [0, 0.05) is 16.6 Å². The van der Waals surface area contributed by atoms with E-state index in [1.807, 2.05) is 24.3 Å². The van der Waals surface area contributed by atoms with Gasteiger partial charge in [-0.2, -0.15) is 5.10 Å². The van der Waals surface area contributed by atoms with Gasteiger partial charge >= 0.3 is 0 Å². The SMILES string of the molecule is NS(=O)(=O)c1ccc(-n2nc(CO)cc2Cc2ccc(Br)cc2)c(F)c1. The van der Waals surface area contributed by atoms with Crippen LogP contribution in [0.25, 0.3) is 5.69 Å². The maximum absolute atomic E-state index is 14.5. The quantitative estimate of drug-likeness (QED) is 0.637. The molecule has 0 saturated heterocycles. The molecule has 0 spiro atoms. The van der Waals surface area contributed by atoms with Crippen molar-refractivity contribution in [1.29, 1.82) is 0 Å². The van der Waals surface area contributed by atoms with E-state index in [1.165, 1.54) is 16.8 Å². The summed E-state index contributed by atoms with van der Waals surface area (Å²) in [6.45, 7) is -0.294. The van der Waals surface area contributed by atoms with Gasteiger partial charge in [0.15, 0.2) is 0 Å². The van der Waals surface area contributed by atoms with Crippen molar-refractivity contribution in [1.82, 2.24) is 9.78 Å². The lowest BCUT2D eigenvalue weighted by Crippen LogP contribution is -2.13. The second kappa shape index (κ2) is 7.28. The predicted octanol–water partition coefficient (Wildman–Crippen LogP) is 2.50. The molecule has 0 amide bonds. The number of benzene rings is 2. The van der Waals surface area contributed by atoms with Gasteiger partial charge in [-0.25, -0.2) is 22.6 Å². The molecule has 136 valence electrons. The third kappa shape index (κ3) is 4.01. The molecule has 3 N–H and O–H groups in total. The van der Waals surface area contributed by atoms with E-state index in [0.717, 1.165) is 16.1 Å². The standard InChI is InChI=1S/C17H15BrFN3O3S/c18-12-3-1-11(2-4-12)7-14-8-13(10-23)21-22(14)17-6-5-15(9-16(17)19)26(20,24)25/h1-6,8-9,23H,7,10H2,(H2,20,24,25). The molecule has 3 aromatic rings. The summed E-state index contributed by atoms with van der Waals surface area (Å²) in [5, 5.41) is 18.6. The highest BCUT2D eigenvalue weighted by atomic mass is 79.9. The molecular formula is C17H15BrFN3O3S. The average molecular weight is 440 g/mol. The highest BCUT2D eigenvalue weighted by molar-refractivity contribution is 9.10. The fourth-order valence-electron chi connectivity index (χ4n) is 2.53. The van der Waals surface area contributed by atoms with Crippen molar-refractivity contribution in [3.05, 3.63) is 75.8 Å².